The summed E-state index contributed by atoms with van der Waals surface area (Å²) in [7, 11) is 0. The highest BCUT2D eigenvalue weighted by atomic mass is 16.3. The van der Waals surface area contributed by atoms with Gasteiger partial charge in [0.1, 0.15) is 11.2 Å². The van der Waals surface area contributed by atoms with Crippen molar-refractivity contribution in [1.29, 1.82) is 0 Å². The Morgan fingerprint density at radius 1 is 0.520 bits per heavy atom. The topological polar surface area (TPSA) is 47.7 Å². The Bertz CT molecular complexity index is 2960. The summed E-state index contributed by atoms with van der Waals surface area (Å²) in [6, 6.07) is 55.4. The molecule has 0 spiro atoms. The molecule has 236 valence electrons. The van der Waals surface area contributed by atoms with Gasteiger partial charge in [0, 0.05) is 38.2 Å². The van der Waals surface area contributed by atoms with Crippen molar-refractivity contribution >= 4 is 78.1 Å². The molecule has 0 unspecified atom stereocenters. The highest BCUT2D eigenvalue weighted by Gasteiger charge is 2.22. The van der Waals surface area contributed by atoms with Gasteiger partial charge in [0.05, 0.1) is 39.7 Å². The molecule has 7 aromatic carbocycles. The van der Waals surface area contributed by atoms with Gasteiger partial charge >= 0.3 is 0 Å². The highest BCUT2D eigenvalue weighted by molar-refractivity contribution is 6.21. The molecular formula is C45H30N4O. The second-order valence-electron chi connectivity index (χ2n) is 12.7. The molecule has 0 aliphatic heterocycles. The predicted octanol–water partition coefficient (Wildman–Crippen LogP) is 11.4. The number of amidine groups is 1. The fraction of sp³-hybridized carbons (Fsp3) is 0.0222. The number of para-hydroxylation sites is 4. The van der Waals surface area contributed by atoms with Gasteiger partial charge in [0.25, 0.3) is 0 Å². The largest absolute Gasteiger partial charge is 0.456 e. The zero-order chi connectivity index (χ0) is 33.2. The molecule has 5 heteroatoms. The van der Waals surface area contributed by atoms with Crippen molar-refractivity contribution in [2.45, 2.75) is 6.54 Å². The number of aliphatic imine (C=N–C) groups is 2. The van der Waals surface area contributed by atoms with E-state index in [1.165, 1.54) is 27.1 Å². The van der Waals surface area contributed by atoms with E-state index in [-0.39, 0.29) is 0 Å². The summed E-state index contributed by atoms with van der Waals surface area (Å²) in [6.07, 6.45) is 0. The standard InChI is InChI=1S/C45H30N4O/c1-46-45(47-28-29-14-4-2-5-15-29)30-24-41(44-34-20-10-13-23-42(34)50-43(44)25-30)49-38-22-12-9-19-33(38)36-26-35-32-18-8-11-21-37(32)48(39(35)27-40(36)49)31-16-6-3-7-17-31/h2-27H,1,28H2. The quantitative estimate of drug-likeness (QED) is 0.136. The average molecular weight is 643 g/mol. The third-order valence-electron chi connectivity index (χ3n) is 9.84. The molecule has 0 amide bonds. The molecule has 0 aliphatic carbocycles. The monoisotopic (exact) mass is 642 g/mol. The number of aromatic nitrogens is 2. The van der Waals surface area contributed by atoms with Crippen LogP contribution >= 0.6 is 0 Å². The normalized spacial score (nSPS) is 12.3. The third kappa shape index (κ3) is 4.27. The molecule has 3 aromatic heterocycles. The van der Waals surface area contributed by atoms with E-state index in [0.29, 0.717) is 12.4 Å². The van der Waals surface area contributed by atoms with Crippen LogP contribution in [-0.2, 0) is 6.54 Å². The molecule has 0 saturated carbocycles. The molecule has 0 bridgehead atoms. The van der Waals surface area contributed by atoms with Gasteiger partial charge in [-0.2, -0.15) is 0 Å². The van der Waals surface area contributed by atoms with E-state index in [2.05, 4.69) is 148 Å². The van der Waals surface area contributed by atoms with Crippen LogP contribution in [0.5, 0.6) is 0 Å². The van der Waals surface area contributed by atoms with Crippen LogP contribution in [-0.4, -0.2) is 21.7 Å². The summed E-state index contributed by atoms with van der Waals surface area (Å²) in [6.45, 7) is 4.44. The fourth-order valence-corrected chi connectivity index (χ4v) is 7.67. The lowest BCUT2D eigenvalue weighted by atomic mass is 10.1. The van der Waals surface area contributed by atoms with E-state index in [0.717, 1.165) is 61.0 Å². The molecule has 0 radical (unpaired) electrons. The molecule has 0 aliphatic rings. The first kappa shape index (κ1) is 28.3. The maximum atomic E-state index is 6.57. The number of hydrogen-bond acceptors (Lipinski definition) is 2. The number of hydrogen-bond donors (Lipinski definition) is 0. The van der Waals surface area contributed by atoms with E-state index < -0.39 is 0 Å². The first-order valence-electron chi connectivity index (χ1n) is 16.8. The summed E-state index contributed by atoms with van der Waals surface area (Å²) >= 11 is 0. The van der Waals surface area contributed by atoms with Crippen LogP contribution in [0.4, 0.5) is 0 Å². The second kappa shape index (κ2) is 11.2. The SMILES string of the molecule is C=NC(=NCc1ccccc1)c1cc(-n2c3ccccc3c3cc4c5ccccc5n(-c5ccccc5)c4cc32)c2c(c1)oc1ccccc12. The molecule has 5 nitrogen and oxygen atoms in total. The molecule has 0 saturated heterocycles. The molecule has 3 heterocycles. The summed E-state index contributed by atoms with van der Waals surface area (Å²) in [5.41, 5.74) is 10.3. The molecular weight excluding hydrogens is 613 g/mol. The summed E-state index contributed by atoms with van der Waals surface area (Å²) < 4.78 is 11.3. The van der Waals surface area contributed by atoms with Gasteiger partial charge < -0.3 is 13.6 Å². The first-order chi connectivity index (χ1) is 24.8. The van der Waals surface area contributed by atoms with E-state index in [1.807, 2.05) is 30.3 Å². The maximum absolute atomic E-state index is 6.57. The van der Waals surface area contributed by atoms with Crippen molar-refractivity contribution < 1.29 is 4.42 Å². The molecule has 10 aromatic rings. The van der Waals surface area contributed by atoms with Crippen LogP contribution in [0.1, 0.15) is 11.1 Å². The van der Waals surface area contributed by atoms with E-state index in [4.69, 9.17) is 9.41 Å². The third-order valence-corrected chi connectivity index (χ3v) is 9.84. The molecule has 0 atom stereocenters. The smallest absolute Gasteiger partial charge is 0.154 e. The van der Waals surface area contributed by atoms with Gasteiger partial charge in [0.2, 0.25) is 0 Å². The lowest BCUT2D eigenvalue weighted by molar-refractivity contribution is 0.668. The summed E-state index contributed by atoms with van der Waals surface area (Å²) in [5.74, 6) is 0.574. The summed E-state index contributed by atoms with van der Waals surface area (Å²) in [4.78, 5) is 9.37. The van der Waals surface area contributed by atoms with Crippen molar-refractivity contribution in [2.75, 3.05) is 0 Å². The Morgan fingerprint density at radius 2 is 1.12 bits per heavy atom. The minimum Gasteiger partial charge on any atom is -0.456 e. The molecule has 50 heavy (non-hydrogen) atoms. The number of rotatable bonds is 5. The zero-order valence-electron chi connectivity index (χ0n) is 27.1. The molecule has 10 rings (SSSR count). The lowest BCUT2D eigenvalue weighted by Gasteiger charge is -2.13. The van der Waals surface area contributed by atoms with Crippen LogP contribution in [0, 0.1) is 0 Å². The van der Waals surface area contributed by atoms with Crippen molar-refractivity contribution in [1.82, 2.24) is 9.13 Å². The number of fused-ring (bicyclic) bond motifs is 9. The lowest BCUT2D eigenvalue weighted by Crippen LogP contribution is -2.02. The van der Waals surface area contributed by atoms with Crippen LogP contribution < -0.4 is 0 Å². The molecule has 0 N–H and O–H groups in total. The van der Waals surface area contributed by atoms with E-state index in [9.17, 15) is 0 Å². The Hall–Kier alpha value is -6.72. The Balaban J connectivity index is 1.33. The van der Waals surface area contributed by atoms with Crippen LogP contribution in [0.15, 0.2) is 172 Å². The van der Waals surface area contributed by atoms with Gasteiger partial charge in [-0.15, -0.1) is 0 Å². The van der Waals surface area contributed by atoms with Crippen LogP contribution in [0.3, 0.4) is 0 Å². The Morgan fingerprint density at radius 3 is 1.84 bits per heavy atom. The van der Waals surface area contributed by atoms with Gasteiger partial charge in [0.15, 0.2) is 5.84 Å². The average Bonchev–Trinajstić information content (AvgIpc) is 3.82. The number of nitrogens with zero attached hydrogens (tertiary/aromatic N) is 4. The minimum atomic E-state index is 0.500. The van der Waals surface area contributed by atoms with Crippen LogP contribution in [0.25, 0.3) is 76.9 Å². The van der Waals surface area contributed by atoms with Gasteiger partial charge in [-0.1, -0.05) is 103 Å². The minimum absolute atomic E-state index is 0.500. The number of benzene rings is 7. The highest BCUT2D eigenvalue weighted by Crippen LogP contribution is 2.42. The Labute approximate surface area is 287 Å². The van der Waals surface area contributed by atoms with Crippen molar-refractivity contribution in [2.24, 2.45) is 9.98 Å². The fourth-order valence-electron chi connectivity index (χ4n) is 7.67. The predicted molar refractivity (Wildman–Crippen MR) is 209 cm³/mol. The number of furan rings is 1. The second-order valence-corrected chi connectivity index (χ2v) is 12.7. The summed E-state index contributed by atoms with van der Waals surface area (Å²) in [5, 5.41) is 6.93. The van der Waals surface area contributed by atoms with E-state index in [1.54, 1.807) is 0 Å². The van der Waals surface area contributed by atoms with Crippen molar-refractivity contribution in [3.63, 3.8) is 0 Å². The van der Waals surface area contributed by atoms with Crippen molar-refractivity contribution in [3.8, 4) is 11.4 Å². The first-order valence-corrected chi connectivity index (χ1v) is 16.8. The van der Waals surface area contributed by atoms with Gasteiger partial charge in [-0.3, -0.25) is 4.99 Å². The maximum Gasteiger partial charge on any atom is 0.154 e. The van der Waals surface area contributed by atoms with Gasteiger partial charge in [-0.05, 0) is 66.9 Å². The Kier molecular flexibility index (Phi) is 6.33. The van der Waals surface area contributed by atoms with Crippen LogP contribution in [0.2, 0.25) is 0 Å². The van der Waals surface area contributed by atoms with Gasteiger partial charge in [-0.25, -0.2) is 4.99 Å². The molecule has 0 fully saturated rings. The van der Waals surface area contributed by atoms with E-state index >= 15 is 0 Å². The zero-order valence-corrected chi connectivity index (χ0v) is 27.1. The van der Waals surface area contributed by atoms with Crippen molar-refractivity contribution in [3.05, 3.63) is 169 Å².